The zero-order valence-corrected chi connectivity index (χ0v) is 7.83. The Morgan fingerprint density at radius 3 is 2.58 bits per heavy atom. The number of rotatable bonds is 3. The Morgan fingerprint density at radius 1 is 1.67 bits per heavy atom. The molecule has 0 aliphatic rings. The van der Waals surface area contributed by atoms with Crippen molar-refractivity contribution in [1.29, 1.82) is 0 Å². The number of ether oxygens (including phenoxy) is 1. The van der Waals surface area contributed by atoms with E-state index in [2.05, 4.69) is 5.92 Å². The van der Waals surface area contributed by atoms with Crippen molar-refractivity contribution in [2.45, 2.75) is 26.9 Å². The number of hydrogen-bond donors (Lipinski definition) is 0. The number of terminal acetylenes is 1. The Bertz CT molecular complexity index is 181. The second-order valence-corrected chi connectivity index (χ2v) is 2.65. The smallest absolute Gasteiger partial charge is 0.410 e. The predicted molar refractivity (Wildman–Crippen MR) is 47.7 cm³/mol. The number of carbonyl (C=O) groups excluding carboxylic acids is 1. The minimum absolute atomic E-state index is 0.0932. The molecule has 0 saturated carbocycles. The number of hydrogen-bond acceptors (Lipinski definition) is 2. The molecule has 0 spiro atoms. The van der Waals surface area contributed by atoms with Crippen molar-refractivity contribution in [2.75, 3.05) is 13.1 Å². The first-order valence-corrected chi connectivity index (χ1v) is 4.00. The van der Waals surface area contributed by atoms with Crippen LogP contribution in [0.4, 0.5) is 4.79 Å². The van der Waals surface area contributed by atoms with E-state index in [0.717, 1.165) is 0 Å². The fourth-order valence-electron chi connectivity index (χ4n) is 0.692. The maximum absolute atomic E-state index is 11.2. The summed E-state index contributed by atoms with van der Waals surface area (Å²) in [5.41, 5.74) is 0. The fraction of sp³-hybridized carbons (Fsp3) is 0.667. The second-order valence-electron chi connectivity index (χ2n) is 2.65. The molecule has 0 aromatic heterocycles. The third kappa shape index (κ3) is 3.87. The zero-order chi connectivity index (χ0) is 9.56. The first-order chi connectivity index (χ1) is 5.61. The van der Waals surface area contributed by atoms with E-state index in [-0.39, 0.29) is 12.2 Å². The SMILES string of the molecule is C#CCN(CC)C(=O)OC(C)C. The van der Waals surface area contributed by atoms with Crippen LogP contribution in [0.1, 0.15) is 20.8 Å². The van der Waals surface area contributed by atoms with Gasteiger partial charge >= 0.3 is 6.09 Å². The van der Waals surface area contributed by atoms with Crippen LogP contribution < -0.4 is 0 Å². The Morgan fingerprint density at radius 2 is 2.25 bits per heavy atom. The number of carbonyl (C=O) groups is 1. The van der Waals surface area contributed by atoms with Crippen molar-refractivity contribution in [3.8, 4) is 12.3 Å². The monoisotopic (exact) mass is 169 g/mol. The lowest BCUT2D eigenvalue weighted by Gasteiger charge is -2.18. The molecular formula is C9H15NO2. The standard InChI is InChI=1S/C9H15NO2/c1-5-7-10(6-2)9(11)12-8(3)4/h1,8H,6-7H2,2-4H3. The minimum atomic E-state index is -0.342. The average Bonchev–Trinajstić information content (AvgIpc) is 1.98. The maximum atomic E-state index is 11.2. The van der Waals surface area contributed by atoms with E-state index >= 15 is 0 Å². The van der Waals surface area contributed by atoms with Crippen molar-refractivity contribution >= 4 is 6.09 Å². The molecule has 12 heavy (non-hydrogen) atoms. The largest absolute Gasteiger partial charge is 0.447 e. The number of nitrogens with zero attached hydrogens (tertiary/aromatic N) is 1. The van der Waals surface area contributed by atoms with Gasteiger partial charge < -0.3 is 4.74 Å². The van der Waals surface area contributed by atoms with Gasteiger partial charge in [0.15, 0.2) is 0 Å². The van der Waals surface area contributed by atoms with Gasteiger partial charge in [0.1, 0.15) is 0 Å². The third-order valence-electron chi connectivity index (χ3n) is 1.26. The van der Waals surface area contributed by atoms with Crippen molar-refractivity contribution in [2.24, 2.45) is 0 Å². The molecule has 3 heteroatoms. The van der Waals surface area contributed by atoms with Gasteiger partial charge in [-0.2, -0.15) is 0 Å². The van der Waals surface area contributed by atoms with Crippen LogP contribution in [0.5, 0.6) is 0 Å². The summed E-state index contributed by atoms with van der Waals surface area (Å²) in [6, 6.07) is 0. The van der Waals surface area contributed by atoms with Gasteiger partial charge in [-0.1, -0.05) is 5.92 Å². The van der Waals surface area contributed by atoms with E-state index in [1.807, 2.05) is 20.8 Å². The van der Waals surface area contributed by atoms with Crippen LogP contribution in [0.3, 0.4) is 0 Å². The quantitative estimate of drug-likeness (QED) is 0.599. The van der Waals surface area contributed by atoms with E-state index in [9.17, 15) is 4.79 Å². The minimum Gasteiger partial charge on any atom is -0.447 e. The lowest BCUT2D eigenvalue weighted by atomic mass is 10.5. The summed E-state index contributed by atoms with van der Waals surface area (Å²) in [6.45, 7) is 6.36. The van der Waals surface area contributed by atoms with Crippen LogP contribution in [0, 0.1) is 12.3 Å². The summed E-state index contributed by atoms with van der Waals surface area (Å²) in [4.78, 5) is 12.7. The first-order valence-electron chi connectivity index (χ1n) is 4.00. The van der Waals surface area contributed by atoms with Crippen LogP contribution in [0.25, 0.3) is 0 Å². The van der Waals surface area contributed by atoms with Crippen LogP contribution >= 0.6 is 0 Å². The van der Waals surface area contributed by atoms with Gasteiger partial charge in [-0.3, -0.25) is 4.90 Å². The van der Waals surface area contributed by atoms with E-state index < -0.39 is 0 Å². The third-order valence-corrected chi connectivity index (χ3v) is 1.26. The summed E-state index contributed by atoms with van der Waals surface area (Å²) in [7, 11) is 0. The first kappa shape index (κ1) is 10.8. The molecule has 0 aliphatic carbocycles. The highest BCUT2D eigenvalue weighted by atomic mass is 16.6. The molecule has 0 atom stereocenters. The Kier molecular flexibility index (Phi) is 4.94. The van der Waals surface area contributed by atoms with E-state index in [0.29, 0.717) is 13.1 Å². The summed E-state index contributed by atoms with van der Waals surface area (Å²) >= 11 is 0. The molecule has 0 bridgehead atoms. The molecule has 1 amide bonds. The molecule has 0 aromatic rings. The normalized spacial score (nSPS) is 9.25. The van der Waals surface area contributed by atoms with Crippen LogP contribution in [-0.4, -0.2) is 30.2 Å². The van der Waals surface area contributed by atoms with Gasteiger partial charge in [0, 0.05) is 6.54 Å². The van der Waals surface area contributed by atoms with Gasteiger partial charge in [-0.25, -0.2) is 4.79 Å². The molecule has 0 N–H and O–H groups in total. The number of amides is 1. The molecule has 0 aromatic carbocycles. The lowest BCUT2D eigenvalue weighted by Crippen LogP contribution is -2.33. The van der Waals surface area contributed by atoms with Gasteiger partial charge in [0.05, 0.1) is 12.6 Å². The summed E-state index contributed by atoms with van der Waals surface area (Å²) in [5, 5.41) is 0. The van der Waals surface area contributed by atoms with Crippen LogP contribution in [-0.2, 0) is 4.74 Å². The van der Waals surface area contributed by atoms with Gasteiger partial charge in [0.25, 0.3) is 0 Å². The van der Waals surface area contributed by atoms with Crippen LogP contribution in [0.2, 0.25) is 0 Å². The molecule has 0 unspecified atom stereocenters. The van der Waals surface area contributed by atoms with E-state index in [4.69, 9.17) is 11.2 Å². The molecule has 0 heterocycles. The Hall–Kier alpha value is -1.17. The van der Waals surface area contributed by atoms with Crippen LogP contribution in [0.15, 0.2) is 0 Å². The summed E-state index contributed by atoms with van der Waals surface area (Å²) < 4.78 is 4.95. The van der Waals surface area contributed by atoms with Crippen molar-refractivity contribution in [3.63, 3.8) is 0 Å². The molecule has 0 radical (unpaired) electrons. The zero-order valence-electron chi connectivity index (χ0n) is 7.83. The molecule has 68 valence electrons. The summed E-state index contributed by atoms with van der Waals surface area (Å²) in [5.74, 6) is 2.40. The van der Waals surface area contributed by atoms with Crippen molar-refractivity contribution in [1.82, 2.24) is 4.90 Å². The lowest BCUT2D eigenvalue weighted by molar-refractivity contribution is 0.0822. The Labute approximate surface area is 73.7 Å². The van der Waals surface area contributed by atoms with Gasteiger partial charge in [-0.05, 0) is 20.8 Å². The fourth-order valence-corrected chi connectivity index (χ4v) is 0.692. The van der Waals surface area contributed by atoms with Crippen molar-refractivity contribution < 1.29 is 9.53 Å². The molecule has 0 aliphatic heterocycles. The molecule has 0 fully saturated rings. The molecule has 0 rings (SSSR count). The topological polar surface area (TPSA) is 29.5 Å². The highest BCUT2D eigenvalue weighted by Crippen LogP contribution is 1.96. The van der Waals surface area contributed by atoms with E-state index in [1.54, 1.807) is 0 Å². The summed E-state index contributed by atoms with van der Waals surface area (Å²) in [6.07, 6.45) is 4.64. The van der Waals surface area contributed by atoms with Crippen molar-refractivity contribution in [3.05, 3.63) is 0 Å². The highest BCUT2D eigenvalue weighted by molar-refractivity contribution is 5.68. The Balaban J connectivity index is 3.96. The van der Waals surface area contributed by atoms with Gasteiger partial charge in [-0.15, -0.1) is 6.42 Å². The highest BCUT2D eigenvalue weighted by Gasteiger charge is 2.12. The maximum Gasteiger partial charge on any atom is 0.410 e. The molecule has 3 nitrogen and oxygen atoms in total. The molecular weight excluding hydrogens is 154 g/mol. The van der Waals surface area contributed by atoms with E-state index in [1.165, 1.54) is 4.90 Å². The molecule has 0 saturated heterocycles. The predicted octanol–water partition coefficient (Wildman–Crippen LogP) is 1.49. The second kappa shape index (κ2) is 5.48. The van der Waals surface area contributed by atoms with Gasteiger partial charge in [0.2, 0.25) is 0 Å². The average molecular weight is 169 g/mol.